The number of hydrogen-bond donors (Lipinski definition) is 1. The van der Waals surface area contributed by atoms with Gasteiger partial charge in [-0.05, 0) is 47.4 Å². The molecule has 1 saturated heterocycles. The number of aliphatic hydroxyl groups excluding tert-OH is 1. The van der Waals surface area contributed by atoms with E-state index >= 15 is 0 Å². The van der Waals surface area contributed by atoms with Crippen LogP contribution in [0.3, 0.4) is 0 Å². The van der Waals surface area contributed by atoms with E-state index in [4.69, 9.17) is 5.11 Å². The average Bonchev–Trinajstić information content (AvgIpc) is 2.73. The molecule has 0 atom stereocenters. The Bertz CT molecular complexity index is 932. The zero-order valence-electron chi connectivity index (χ0n) is 17.4. The SMILES string of the molecule is OCCN1CCN(CCC=C2c3ccccc3Sc3ccc(C(F)(F)F)cc32)CC1.[Cl-].[Cl-]. The first-order valence-electron chi connectivity index (χ1n) is 10.2. The highest BCUT2D eigenvalue weighted by molar-refractivity contribution is 7.99. The predicted molar refractivity (Wildman–Crippen MR) is 114 cm³/mol. The number of alkyl halides is 3. The highest BCUT2D eigenvalue weighted by Gasteiger charge is 2.32. The van der Waals surface area contributed by atoms with Crippen LogP contribution in [0.15, 0.2) is 58.3 Å². The summed E-state index contributed by atoms with van der Waals surface area (Å²) in [6, 6.07) is 12.0. The van der Waals surface area contributed by atoms with E-state index in [-0.39, 0.29) is 31.4 Å². The summed E-state index contributed by atoms with van der Waals surface area (Å²) in [5, 5.41) is 9.06. The van der Waals surface area contributed by atoms with Gasteiger partial charge in [-0.15, -0.1) is 0 Å². The van der Waals surface area contributed by atoms with Crippen molar-refractivity contribution in [1.82, 2.24) is 9.80 Å². The molecule has 1 fully saturated rings. The molecule has 9 heteroatoms. The van der Waals surface area contributed by atoms with Crippen molar-refractivity contribution in [1.29, 1.82) is 0 Å². The summed E-state index contributed by atoms with van der Waals surface area (Å²) in [6.45, 7) is 5.55. The quantitative estimate of drug-likeness (QED) is 0.462. The Morgan fingerprint density at radius 2 is 1.50 bits per heavy atom. The summed E-state index contributed by atoms with van der Waals surface area (Å²) in [5.41, 5.74) is 1.96. The fourth-order valence-electron chi connectivity index (χ4n) is 4.04. The minimum Gasteiger partial charge on any atom is -1.00 e. The largest absolute Gasteiger partial charge is 1.00 e. The van der Waals surface area contributed by atoms with Gasteiger partial charge in [0.25, 0.3) is 0 Å². The smallest absolute Gasteiger partial charge is 0.416 e. The molecule has 2 aliphatic heterocycles. The van der Waals surface area contributed by atoms with Crippen molar-refractivity contribution in [2.24, 2.45) is 0 Å². The van der Waals surface area contributed by atoms with Crippen molar-refractivity contribution < 1.29 is 43.1 Å². The molecule has 0 spiro atoms. The molecule has 3 nitrogen and oxygen atoms in total. The summed E-state index contributed by atoms with van der Waals surface area (Å²) in [5.74, 6) is 0. The van der Waals surface area contributed by atoms with Gasteiger partial charge in [0.1, 0.15) is 0 Å². The van der Waals surface area contributed by atoms with Crippen LogP contribution in [-0.4, -0.2) is 60.8 Å². The molecule has 0 aliphatic carbocycles. The van der Waals surface area contributed by atoms with Crippen molar-refractivity contribution >= 4 is 17.3 Å². The molecule has 4 rings (SSSR count). The van der Waals surface area contributed by atoms with E-state index in [0.29, 0.717) is 12.1 Å². The molecule has 176 valence electrons. The highest BCUT2D eigenvalue weighted by Crippen LogP contribution is 2.47. The number of benzene rings is 2. The van der Waals surface area contributed by atoms with Crippen LogP contribution in [0.4, 0.5) is 13.2 Å². The van der Waals surface area contributed by atoms with Crippen molar-refractivity contribution in [3.05, 3.63) is 65.2 Å². The van der Waals surface area contributed by atoms with E-state index in [1.54, 1.807) is 6.07 Å². The molecule has 2 aromatic rings. The molecule has 0 aromatic heterocycles. The molecule has 32 heavy (non-hydrogen) atoms. The average molecular weight is 505 g/mol. The summed E-state index contributed by atoms with van der Waals surface area (Å²) >= 11 is 1.53. The van der Waals surface area contributed by atoms with E-state index < -0.39 is 11.7 Å². The fraction of sp³-hybridized carbons (Fsp3) is 0.391. The monoisotopic (exact) mass is 504 g/mol. The molecule has 2 aromatic carbocycles. The molecule has 2 heterocycles. The second kappa shape index (κ2) is 11.8. The molecule has 0 amide bonds. The Labute approximate surface area is 203 Å². The third-order valence-corrected chi connectivity index (χ3v) is 6.82. The number of hydrogen-bond acceptors (Lipinski definition) is 4. The summed E-state index contributed by atoms with van der Waals surface area (Å²) in [7, 11) is 0. The van der Waals surface area contributed by atoms with Gasteiger partial charge >= 0.3 is 6.18 Å². The standard InChI is InChI=1S/C23H25F3N2OS.2ClH/c24-23(25,26)17-7-8-22-20(16-17)18(19-4-1-2-6-21(19)30-22)5-3-9-27-10-12-28(13-11-27)14-15-29;;/h1-2,4-8,16,29H,3,9-15H2;2*1H/p-2. The lowest BCUT2D eigenvalue weighted by Gasteiger charge is -2.34. The maximum absolute atomic E-state index is 13.3. The topological polar surface area (TPSA) is 26.7 Å². The van der Waals surface area contributed by atoms with Gasteiger partial charge in [-0.1, -0.05) is 36.0 Å². The molecule has 0 bridgehead atoms. The first-order valence-corrected chi connectivity index (χ1v) is 11.0. The van der Waals surface area contributed by atoms with Crippen LogP contribution in [-0.2, 0) is 6.18 Å². The van der Waals surface area contributed by atoms with E-state index in [1.807, 2.05) is 24.3 Å². The van der Waals surface area contributed by atoms with Gasteiger partial charge < -0.3 is 34.8 Å². The number of fused-ring (bicyclic) bond motifs is 2. The van der Waals surface area contributed by atoms with Crippen molar-refractivity contribution in [3.63, 3.8) is 0 Å². The molecule has 0 unspecified atom stereocenters. The van der Waals surface area contributed by atoms with Crippen molar-refractivity contribution in [3.8, 4) is 0 Å². The Morgan fingerprint density at radius 1 is 0.875 bits per heavy atom. The lowest BCUT2D eigenvalue weighted by molar-refractivity contribution is -0.137. The van der Waals surface area contributed by atoms with Gasteiger partial charge in [0.15, 0.2) is 0 Å². The van der Waals surface area contributed by atoms with E-state index in [0.717, 1.165) is 60.1 Å². The van der Waals surface area contributed by atoms with Crippen LogP contribution in [0, 0.1) is 0 Å². The van der Waals surface area contributed by atoms with Crippen LogP contribution in [0.25, 0.3) is 5.57 Å². The Morgan fingerprint density at radius 3 is 2.16 bits per heavy atom. The number of aliphatic hydroxyl groups is 1. The lowest BCUT2D eigenvalue weighted by atomic mass is 9.94. The minimum absolute atomic E-state index is 0. The first-order chi connectivity index (χ1) is 14.5. The second-order valence-corrected chi connectivity index (χ2v) is 8.70. The number of rotatable bonds is 5. The highest BCUT2D eigenvalue weighted by atomic mass is 35.5. The molecule has 1 N–H and O–H groups in total. The summed E-state index contributed by atoms with van der Waals surface area (Å²) < 4.78 is 39.9. The molecule has 0 radical (unpaired) electrons. The zero-order chi connectivity index (χ0) is 21.1. The first kappa shape index (κ1) is 27.0. The number of halogens is 5. The van der Waals surface area contributed by atoms with E-state index in [9.17, 15) is 13.2 Å². The molecule has 2 aliphatic rings. The van der Waals surface area contributed by atoms with E-state index in [2.05, 4.69) is 15.9 Å². The number of nitrogens with zero attached hydrogens (tertiary/aromatic N) is 2. The van der Waals surface area contributed by atoms with Crippen molar-refractivity contribution in [2.45, 2.75) is 22.4 Å². The van der Waals surface area contributed by atoms with Crippen LogP contribution in [0.2, 0.25) is 0 Å². The van der Waals surface area contributed by atoms with E-state index in [1.165, 1.54) is 23.9 Å². The maximum Gasteiger partial charge on any atom is 0.416 e. The number of β-amino-alcohol motifs (C(OH)–C–C–N with tert-alkyl or cyclic N) is 1. The summed E-state index contributed by atoms with van der Waals surface area (Å²) in [4.78, 5) is 6.57. The normalized spacial score (nSPS) is 17.8. The van der Waals surface area contributed by atoms with Gasteiger partial charge in [-0.2, -0.15) is 13.2 Å². The predicted octanol–water partition coefficient (Wildman–Crippen LogP) is -1.39. The Balaban J connectivity index is 0.00000181. The molecular weight excluding hydrogens is 480 g/mol. The lowest BCUT2D eigenvalue weighted by Crippen LogP contribution is -3.00. The minimum atomic E-state index is -4.35. The van der Waals surface area contributed by atoms with Crippen LogP contribution < -0.4 is 24.8 Å². The number of piperazine rings is 1. The second-order valence-electron chi connectivity index (χ2n) is 7.62. The van der Waals surface area contributed by atoms with Gasteiger partial charge in [0.05, 0.1) is 12.2 Å². The van der Waals surface area contributed by atoms with Gasteiger partial charge in [-0.25, -0.2) is 0 Å². The van der Waals surface area contributed by atoms with Crippen LogP contribution >= 0.6 is 11.8 Å². The third kappa shape index (κ3) is 6.22. The fourth-order valence-corrected chi connectivity index (χ4v) is 5.12. The Kier molecular flexibility index (Phi) is 9.94. The van der Waals surface area contributed by atoms with Crippen LogP contribution in [0.5, 0.6) is 0 Å². The molecule has 0 saturated carbocycles. The maximum atomic E-state index is 13.3. The van der Waals surface area contributed by atoms with Crippen molar-refractivity contribution in [2.75, 3.05) is 45.9 Å². The molecular formula is C23H25Cl2F3N2OS-2. The third-order valence-electron chi connectivity index (χ3n) is 5.67. The van der Waals surface area contributed by atoms with Gasteiger partial charge in [-0.3, -0.25) is 4.90 Å². The zero-order valence-corrected chi connectivity index (χ0v) is 19.7. The summed E-state index contributed by atoms with van der Waals surface area (Å²) in [6.07, 6.45) is -1.47. The van der Waals surface area contributed by atoms with Gasteiger partial charge in [0.2, 0.25) is 0 Å². The Hall–Kier alpha value is -1.22. The van der Waals surface area contributed by atoms with Gasteiger partial charge in [0, 0.05) is 49.1 Å². The van der Waals surface area contributed by atoms with Crippen LogP contribution in [0.1, 0.15) is 23.1 Å².